The molecule has 0 radical (unpaired) electrons. The summed E-state index contributed by atoms with van der Waals surface area (Å²) in [6.45, 7) is 0. The van der Waals surface area contributed by atoms with Crippen LogP contribution in [0.25, 0.3) is 79.5 Å². The highest BCUT2D eigenvalue weighted by Crippen LogP contribution is 2.78. The Kier molecular flexibility index (Phi) is 9.09. The minimum Gasteiger partial charge on any atom is -0.298 e. The van der Waals surface area contributed by atoms with Crippen LogP contribution < -0.4 is 0 Å². The number of aldehydes is 4. The fourth-order valence-electron chi connectivity index (χ4n) is 15.9. The van der Waals surface area contributed by atoms with Gasteiger partial charge in [-0.25, -0.2) is 0 Å². The molecule has 4 saturated carbocycles. The molecular formula is C65H48O4. The number of benzene rings is 8. The zero-order valence-electron chi connectivity index (χ0n) is 38.0. The van der Waals surface area contributed by atoms with E-state index < -0.39 is 0 Å². The largest absolute Gasteiger partial charge is 0.298 e. The van der Waals surface area contributed by atoms with Crippen LogP contribution in [0.3, 0.4) is 0 Å². The predicted molar refractivity (Wildman–Crippen MR) is 281 cm³/mol. The summed E-state index contributed by atoms with van der Waals surface area (Å²) in [7, 11) is 0. The van der Waals surface area contributed by atoms with Gasteiger partial charge in [0.25, 0.3) is 0 Å². The van der Waals surface area contributed by atoms with E-state index in [4.69, 9.17) is 0 Å². The first kappa shape index (κ1) is 40.5. The first-order chi connectivity index (χ1) is 34.0. The summed E-state index contributed by atoms with van der Waals surface area (Å²) < 4.78 is 0. The molecule has 0 aliphatic heterocycles. The van der Waals surface area contributed by atoms with Crippen molar-refractivity contribution in [3.63, 3.8) is 0 Å². The Hall–Kier alpha value is -7.56. The van der Waals surface area contributed by atoms with Crippen LogP contribution in [-0.2, 0) is 0 Å². The molecule has 0 N–H and O–H groups in total. The van der Waals surface area contributed by atoms with Crippen molar-refractivity contribution in [1.82, 2.24) is 0 Å². The molecule has 10 unspecified atom stereocenters. The second kappa shape index (κ2) is 15.5. The van der Waals surface area contributed by atoms with Crippen LogP contribution in [0, 0.1) is 47.3 Å². The molecule has 0 spiro atoms. The second-order valence-corrected chi connectivity index (χ2v) is 20.8. The highest BCUT2D eigenvalue weighted by molar-refractivity contribution is 6.11. The predicted octanol–water partition coefficient (Wildman–Crippen LogP) is 15.0. The van der Waals surface area contributed by atoms with E-state index in [2.05, 4.69) is 91.1 Å². The Labute approximate surface area is 400 Å². The molecule has 10 atom stereocenters. The third-order valence-electron chi connectivity index (χ3n) is 18.1. The molecule has 332 valence electrons. The van der Waals surface area contributed by atoms with Crippen LogP contribution in [-0.4, -0.2) is 25.1 Å². The van der Waals surface area contributed by atoms with Gasteiger partial charge in [0.1, 0.15) is 6.29 Å². The summed E-state index contributed by atoms with van der Waals surface area (Å²) in [4.78, 5) is 43.9. The molecular weight excluding hydrogens is 845 g/mol. The third-order valence-corrected chi connectivity index (χ3v) is 18.1. The van der Waals surface area contributed by atoms with Crippen molar-refractivity contribution in [1.29, 1.82) is 0 Å². The summed E-state index contributed by atoms with van der Waals surface area (Å²) in [5, 5.41) is 9.64. The van der Waals surface area contributed by atoms with E-state index in [1.165, 1.54) is 73.8 Å². The van der Waals surface area contributed by atoms with Gasteiger partial charge < -0.3 is 0 Å². The van der Waals surface area contributed by atoms with Crippen molar-refractivity contribution >= 4 is 105 Å². The monoisotopic (exact) mass is 892 g/mol. The van der Waals surface area contributed by atoms with Gasteiger partial charge in [0, 0.05) is 22.3 Å². The standard InChI is InChI=1S/C26H24O.3C13H8O/c27-11-14-2-1-3-16-15(14)6-7-17-18-9-21(24(16)17)26-20-10-19(25(18)26)22-12-4-5-13(8-12)23(20)22;14-8-9-6-11-3-1-2-10-4-5-12(7-9)13(10)11;14-8-11-7-6-10-5-4-9-2-1-3-12(11)13(9)10;14-8-11-5-4-9-2-1-3-10-6-7-12(11)13(9)10/h1-7,11-13,18-23,25-26H,8-10H2;3*1-8H. The molecule has 4 heteroatoms. The average Bonchev–Trinajstić information content (AvgIpc) is 4.26. The van der Waals surface area contributed by atoms with Gasteiger partial charge in [0.05, 0.1) is 0 Å². The Bertz CT molecular complexity index is 3700. The minimum absolute atomic E-state index is 0.746. The van der Waals surface area contributed by atoms with E-state index in [0.717, 1.165) is 128 Å². The van der Waals surface area contributed by atoms with Crippen LogP contribution in [0.15, 0.2) is 133 Å². The molecule has 0 saturated heterocycles. The maximum Gasteiger partial charge on any atom is 0.150 e. The number of hydrogen-bond donors (Lipinski definition) is 0. The molecule has 8 aromatic carbocycles. The Morgan fingerprint density at radius 3 is 1.75 bits per heavy atom. The van der Waals surface area contributed by atoms with Gasteiger partial charge in [0.2, 0.25) is 0 Å². The van der Waals surface area contributed by atoms with Crippen molar-refractivity contribution in [2.75, 3.05) is 0 Å². The van der Waals surface area contributed by atoms with Crippen molar-refractivity contribution in [3.05, 3.63) is 200 Å². The van der Waals surface area contributed by atoms with Gasteiger partial charge in [-0.1, -0.05) is 158 Å². The lowest BCUT2D eigenvalue weighted by Gasteiger charge is -2.44. The molecule has 4 fully saturated rings. The van der Waals surface area contributed by atoms with Gasteiger partial charge >= 0.3 is 0 Å². The maximum atomic E-state index is 11.6. The lowest BCUT2D eigenvalue weighted by molar-refractivity contribution is 0.0885. The van der Waals surface area contributed by atoms with Gasteiger partial charge in [-0.2, -0.15) is 0 Å². The van der Waals surface area contributed by atoms with E-state index in [1.807, 2.05) is 78.9 Å². The lowest BCUT2D eigenvalue weighted by Crippen LogP contribution is -2.39. The molecule has 6 bridgehead atoms. The zero-order chi connectivity index (χ0) is 46.1. The molecule has 17 rings (SSSR count). The molecule has 69 heavy (non-hydrogen) atoms. The normalized spacial score (nSPS) is 26.7. The highest BCUT2D eigenvalue weighted by atomic mass is 16.1. The van der Waals surface area contributed by atoms with E-state index in [0.29, 0.717) is 0 Å². The lowest BCUT2D eigenvalue weighted by atomic mass is 9.60. The van der Waals surface area contributed by atoms with Crippen molar-refractivity contribution in [2.45, 2.75) is 31.1 Å². The fourth-order valence-corrected chi connectivity index (χ4v) is 15.9. The van der Waals surface area contributed by atoms with Gasteiger partial charge in [0.15, 0.2) is 18.9 Å². The molecule has 9 aliphatic carbocycles. The zero-order valence-corrected chi connectivity index (χ0v) is 38.0. The third kappa shape index (κ3) is 5.88. The van der Waals surface area contributed by atoms with Gasteiger partial charge in [-0.15, -0.1) is 0 Å². The summed E-state index contributed by atoms with van der Waals surface area (Å²) in [6, 6.07) is 41.0. The molecule has 8 aromatic rings. The maximum absolute atomic E-state index is 11.6. The quantitative estimate of drug-likeness (QED) is 0.100. The SMILES string of the molecule is O=Cc1cc2c3c(cccc3c1)C=C2.O=Cc1ccc2c3c(cccc13)C=C2.O=Cc1ccc2cccc3c2c1C=C3.O=Cc1cccc2c3c(ccc12)C1CC3C2C3CC(C4C5C=CC(C5)C34)C12. The van der Waals surface area contributed by atoms with Crippen LogP contribution in [0.5, 0.6) is 0 Å². The van der Waals surface area contributed by atoms with Crippen LogP contribution in [0.4, 0.5) is 0 Å². The number of fused-ring (bicyclic) bond motifs is 21. The highest BCUT2D eigenvalue weighted by Gasteiger charge is 2.70. The molecule has 0 aromatic heterocycles. The summed E-state index contributed by atoms with van der Waals surface area (Å²) >= 11 is 0. The smallest absolute Gasteiger partial charge is 0.150 e. The van der Waals surface area contributed by atoms with E-state index in [1.54, 1.807) is 11.1 Å². The van der Waals surface area contributed by atoms with Gasteiger partial charge in [-0.05, 0) is 178 Å². The molecule has 0 heterocycles. The van der Waals surface area contributed by atoms with E-state index in [-0.39, 0.29) is 0 Å². The second-order valence-electron chi connectivity index (χ2n) is 20.8. The number of rotatable bonds is 4. The van der Waals surface area contributed by atoms with Crippen molar-refractivity contribution in [2.24, 2.45) is 47.3 Å². The average molecular weight is 893 g/mol. The number of hydrogen-bond acceptors (Lipinski definition) is 4. The van der Waals surface area contributed by atoms with Crippen LogP contribution >= 0.6 is 0 Å². The number of allylic oxidation sites excluding steroid dienone is 2. The Morgan fingerprint density at radius 2 is 1.00 bits per heavy atom. The number of carbonyl (C=O) groups is 4. The first-order valence-corrected chi connectivity index (χ1v) is 24.8. The van der Waals surface area contributed by atoms with Crippen molar-refractivity contribution < 1.29 is 19.2 Å². The Balaban J connectivity index is 0.0000000920. The van der Waals surface area contributed by atoms with Crippen molar-refractivity contribution in [3.8, 4) is 0 Å². The minimum atomic E-state index is 0.746. The topological polar surface area (TPSA) is 68.3 Å². The molecule has 9 aliphatic rings. The van der Waals surface area contributed by atoms with Crippen LogP contribution in [0.2, 0.25) is 0 Å². The van der Waals surface area contributed by atoms with E-state index in [9.17, 15) is 19.2 Å². The summed E-state index contributed by atoms with van der Waals surface area (Å²) in [5.74, 6) is 9.32. The fraction of sp³-hybridized carbons (Fsp3) is 0.200. The van der Waals surface area contributed by atoms with Gasteiger partial charge in [-0.3, -0.25) is 19.2 Å². The first-order valence-electron chi connectivity index (χ1n) is 24.8. The summed E-state index contributed by atoms with van der Waals surface area (Å²) in [6.07, 6.45) is 25.7. The Morgan fingerprint density at radius 1 is 0.391 bits per heavy atom. The molecule has 0 amide bonds. The van der Waals surface area contributed by atoms with Crippen LogP contribution in [0.1, 0.15) is 117 Å². The summed E-state index contributed by atoms with van der Waals surface area (Å²) in [5.41, 5.74) is 13.5. The van der Waals surface area contributed by atoms with E-state index >= 15 is 0 Å². The molecule has 4 nitrogen and oxygen atoms in total. The number of carbonyl (C=O) groups excluding carboxylic acids is 4.